The van der Waals surface area contributed by atoms with E-state index in [0.29, 0.717) is 0 Å². The monoisotopic (exact) mass is 502 g/mol. The SMILES string of the molecule is c1cc(-c2cccc(-n3c4ccccc4c4ccccc43)c2)cc(-c2ccnc3c2sc2ccccc23)c1. The second-order valence-electron chi connectivity index (χ2n) is 9.64. The van der Waals surface area contributed by atoms with E-state index in [1.54, 1.807) is 0 Å². The molecule has 2 nitrogen and oxygen atoms in total. The summed E-state index contributed by atoms with van der Waals surface area (Å²) in [6.07, 6.45) is 1.94. The van der Waals surface area contributed by atoms with E-state index in [4.69, 9.17) is 4.98 Å². The molecule has 0 N–H and O–H groups in total. The minimum absolute atomic E-state index is 1.09. The molecule has 0 saturated carbocycles. The van der Waals surface area contributed by atoms with Gasteiger partial charge in [0, 0.05) is 38.3 Å². The Morgan fingerprint density at radius 1 is 0.526 bits per heavy atom. The summed E-state index contributed by atoms with van der Waals surface area (Å²) in [6, 6.07) is 45.8. The Balaban J connectivity index is 1.28. The molecule has 38 heavy (non-hydrogen) atoms. The summed E-state index contributed by atoms with van der Waals surface area (Å²) in [5.41, 5.74) is 9.56. The zero-order valence-electron chi connectivity index (χ0n) is 20.5. The van der Waals surface area contributed by atoms with Crippen LogP contribution >= 0.6 is 11.3 Å². The van der Waals surface area contributed by atoms with Gasteiger partial charge in [0.05, 0.1) is 21.3 Å². The van der Waals surface area contributed by atoms with Crippen molar-refractivity contribution in [1.29, 1.82) is 0 Å². The fourth-order valence-corrected chi connectivity index (χ4v) is 6.92. The first kappa shape index (κ1) is 21.4. The smallest absolute Gasteiger partial charge is 0.0894 e. The lowest BCUT2D eigenvalue weighted by molar-refractivity contribution is 1.18. The molecular formula is C35H22N2S. The number of benzene rings is 5. The van der Waals surface area contributed by atoms with E-state index < -0.39 is 0 Å². The number of aromatic nitrogens is 2. The Morgan fingerprint density at radius 3 is 1.95 bits per heavy atom. The topological polar surface area (TPSA) is 17.8 Å². The van der Waals surface area contributed by atoms with Crippen LogP contribution < -0.4 is 0 Å². The van der Waals surface area contributed by atoms with Crippen molar-refractivity contribution in [2.24, 2.45) is 0 Å². The molecule has 8 rings (SSSR count). The highest BCUT2D eigenvalue weighted by atomic mass is 32.1. The third-order valence-electron chi connectivity index (χ3n) is 7.45. The summed E-state index contributed by atoms with van der Waals surface area (Å²) in [6.45, 7) is 0. The lowest BCUT2D eigenvalue weighted by Gasteiger charge is -2.11. The predicted octanol–water partition coefficient (Wildman–Crippen LogP) is 9.88. The molecule has 0 aliphatic heterocycles. The molecular weight excluding hydrogens is 480 g/mol. The molecule has 3 aromatic heterocycles. The minimum Gasteiger partial charge on any atom is -0.309 e. The van der Waals surface area contributed by atoms with Gasteiger partial charge in [0.1, 0.15) is 0 Å². The molecule has 8 aromatic rings. The number of rotatable bonds is 3. The molecule has 3 heterocycles. The minimum atomic E-state index is 1.09. The van der Waals surface area contributed by atoms with E-state index in [2.05, 4.69) is 132 Å². The number of pyridine rings is 1. The van der Waals surface area contributed by atoms with Crippen LogP contribution in [0.25, 0.3) is 70.0 Å². The molecule has 5 aromatic carbocycles. The zero-order chi connectivity index (χ0) is 25.1. The van der Waals surface area contributed by atoms with Crippen LogP contribution in [0.1, 0.15) is 0 Å². The number of hydrogen-bond donors (Lipinski definition) is 0. The molecule has 0 spiro atoms. The van der Waals surface area contributed by atoms with Gasteiger partial charge in [0.2, 0.25) is 0 Å². The van der Waals surface area contributed by atoms with Crippen LogP contribution in [-0.2, 0) is 0 Å². The van der Waals surface area contributed by atoms with Gasteiger partial charge >= 0.3 is 0 Å². The van der Waals surface area contributed by atoms with Crippen molar-refractivity contribution in [1.82, 2.24) is 9.55 Å². The van der Waals surface area contributed by atoms with E-state index in [1.165, 1.54) is 64.5 Å². The van der Waals surface area contributed by atoms with E-state index >= 15 is 0 Å². The van der Waals surface area contributed by atoms with Crippen molar-refractivity contribution in [3.8, 4) is 27.9 Å². The summed E-state index contributed by atoms with van der Waals surface area (Å²) in [7, 11) is 0. The Hall–Kier alpha value is -4.73. The molecule has 0 fully saturated rings. The van der Waals surface area contributed by atoms with Crippen LogP contribution in [0.2, 0.25) is 0 Å². The lowest BCUT2D eigenvalue weighted by Crippen LogP contribution is -1.94. The molecule has 178 valence electrons. The van der Waals surface area contributed by atoms with Crippen LogP contribution in [-0.4, -0.2) is 9.55 Å². The quantitative estimate of drug-likeness (QED) is 0.235. The second-order valence-corrected chi connectivity index (χ2v) is 10.7. The first-order valence-corrected chi connectivity index (χ1v) is 13.6. The number of thiophene rings is 1. The van der Waals surface area contributed by atoms with Gasteiger partial charge < -0.3 is 4.57 Å². The van der Waals surface area contributed by atoms with Gasteiger partial charge in [-0.15, -0.1) is 11.3 Å². The third-order valence-corrected chi connectivity index (χ3v) is 8.64. The first-order valence-electron chi connectivity index (χ1n) is 12.8. The van der Waals surface area contributed by atoms with Crippen LogP contribution in [0.3, 0.4) is 0 Å². The Morgan fingerprint density at radius 2 is 1.16 bits per heavy atom. The van der Waals surface area contributed by atoms with Gasteiger partial charge in [-0.3, -0.25) is 4.98 Å². The van der Waals surface area contributed by atoms with Crippen LogP contribution in [0, 0.1) is 0 Å². The van der Waals surface area contributed by atoms with Gasteiger partial charge in [0.15, 0.2) is 0 Å². The van der Waals surface area contributed by atoms with Crippen molar-refractivity contribution in [3.05, 3.63) is 134 Å². The number of para-hydroxylation sites is 2. The van der Waals surface area contributed by atoms with Crippen molar-refractivity contribution in [3.63, 3.8) is 0 Å². The Labute approximate surface area is 224 Å². The summed E-state index contributed by atoms with van der Waals surface area (Å²) < 4.78 is 4.89. The summed E-state index contributed by atoms with van der Waals surface area (Å²) in [5.74, 6) is 0. The van der Waals surface area contributed by atoms with E-state index in [1.807, 2.05) is 17.5 Å². The maximum atomic E-state index is 4.73. The highest BCUT2D eigenvalue weighted by molar-refractivity contribution is 7.26. The maximum absolute atomic E-state index is 4.73. The van der Waals surface area contributed by atoms with Crippen molar-refractivity contribution < 1.29 is 0 Å². The normalized spacial score (nSPS) is 11.7. The van der Waals surface area contributed by atoms with Crippen LogP contribution in [0.15, 0.2) is 134 Å². The summed E-state index contributed by atoms with van der Waals surface area (Å²) in [5, 5.41) is 3.78. The van der Waals surface area contributed by atoms with Gasteiger partial charge in [-0.25, -0.2) is 0 Å². The summed E-state index contributed by atoms with van der Waals surface area (Å²) in [4.78, 5) is 4.73. The van der Waals surface area contributed by atoms with Crippen LogP contribution in [0.5, 0.6) is 0 Å². The van der Waals surface area contributed by atoms with Gasteiger partial charge in [-0.2, -0.15) is 0 Å². The predicted molar refractivity (Wildman–Crippen MR) is 162 cm³/mol. The Kier molecular flexibility index (Phi) is 4.73. The Bertz CT molecular complexity index is 2090. The standard InChI is InChI=1S/C35H22N2S/c1-4-16-31-28(13-1)29-14-2-5-17-32(29)37(31)26-12-8-10-24(22-26)23-9-7-11-25(21-23)27-19-20-36-34-30-15-3-6-18-33(30)38-35(27)34/h1-22H. The van der Waals surface area contributed by atoms with Crippen molar-refractivity contribution >= 4 is 53.4 Å². The van der Waals surface area contributed by atoms with Crippen molar-refractivity contribution in [2.45, 2.75) is 0 Å². The fourth-order valence-electron chi connectivity index (χ4n) is 5.72. The van der Waals surface area contributed by atoms with E-state index in [0.717, 1.165) is 5.52 Å². The van der Waals surface area contributed by atoms with Gasteiger partial charge in [-0.05, 0) is 59.2 Å². The van der Waals surface area contributed by atoms with Gasteiger partial charge in [0.25, 0.3) is 0 Å². The molecule has 0 aliphatic carbocycles. The van der Waals surface area contributed by atoms with E-state index in [-0.39, 0.29) is 0 Å². The molecule has 0 radical (unpaired) electrons. The molecule has 0 aliphatic rings. The van der Waals surface area contributed by atoms with Crippen LogP contribution in [0.4, 0.5) is 0 Å². The second kappa shape index (κ2) is 8.41. The molecule has 0 unspecified atom stereocenters. The van der Waals surface area contributed by atoms with E-state index in [9.17, 15) is 0 Å². The molecule has 0 amide bonds. The largest absolute Gasteiger partial charge is 0.309 e. The molecule has 3 heteroatoms. The first-order chi connectivity index (χ1) is 18.8. The van der Waals surface area contributed by atoms with Gasteiger partial charge in [-0.1, -0.05) is 84.9 Å². The number of nitrogens with zero attached hydrogens (tertiary/aromatic N) is 2. The fraction of sp³-hybridized carbons (Fsp3) is 0. The average molecular weight is 503 g/mol. The molecule has 0 atom stereocenters. The lowest BCUT2D eigenvalue weighted by atomic mass is 9.99. The molecule has 0 saturated heterocycles. The number of fused-ring (bicyclic) bond motifs is 6. The zero-order valence-corrected chi connectivity index (χ0v) is 21.3. The maximum Gasteiger partial charge on any atom is 0.0894 e. The highest BCUT2D eigenvalue weighted by Crippen LogP contribution is 2.39. The highest BCUT2D eigenvalue weighted by Gasteiger charge is 2.14. The third kappa shape index (κ3) is 3.22. The van der Waals surface area contributed by atoms with Crippen molar-refractivity contribution in [2.75, 3.05) is 0 Å². The number of hydrogen-bond acceptors (Lipinski definition) is 2. The summed E-state index contributed by atoms with van der Waals surface area (Å²) >= 11 is 1.82. The molecule has 0 bridgehead atoms. The average Bonchev–Trinajstić information content (AvgIpc) is 3.53.